The topological polar surface area (TPSA) is 54.5 Å². The molecule has 1 aliphatic rings. The van der Waals surface area contributed by atoms with Crippen LogP contribution in [-0.4, -0.2) is 37.2 Å². The first-order chi connectivity index (χ1) is 13.2. The summed E-state index contributed by atoms with van der Waals surface area (Å²) in [7, 11) is 0. The lowest BCUT2D eigenvalue weighted by Crippen LogP contribution is -2.35. The van der Waals surface area contributed by atoms with Crippen LogP contribution in [0.1, 0.15) is 9.67 Å². The molecule has 1 N–H and O–H groups in total. The third-order valence-electron chi connectivity index (χ3n) is 4.29. The fraction of sp³-hybridized carbons (Fsp3) is 0.200. The molecule has 1 amide bonds. The van der Waals surface area contributed by atoms with E-state index in [1.807, 2.05) is 24.3 Å². The second-order valence-corrected chi connectivity index (χ2v) is 7.58. The standard InChI is InChI=1S/C20H18ClN3O2S/c21-15-6-7-18(22-13-15)23-19(25)17-12-16(14-4-2-1-3-5-14)20(27-17)24-8-10-26-11-9-24/h1-7,12-13H,8-11H2,(H,22,23,25). The lowest BCUT2D eigenvalue weighted by atomic mass is 10.1. The Balaban J connectivity index is 1.65. The van der Waals surface area contributed by atoms with Gasteiger partial charge in [0.05, 0.1) is 28.1 Å². The first-order valence-electron chi connectivity index (χ1n) is 8.65. The number of nitrogens with one attached hydrogen (secondary N) is 1. The number of morpholine rings is 1. The molecule has 0 saturated carbocycles. The molecular weight excluding hydrogens is 382 g/mol. The first kappa shape index (κ1) is 18.0. The van der Waals surface area contributed by atoms with E-state index in [2.05, 4.69) is 27.3 Å². The Hall–Kier alpha value is -2.41. The van der Waals surface area contributed by atoms with Gasteiger partial charge in [0.25, 0.3) is 5.91 Å². The molecule has 0 aliphatic carbocycles. The number of anilines is 2. The number of halogens is 1. The molecule has 0 spiro atoms. The van der Waals surface area contributed by atoms with Crippen LogP contribution in [0.5, 0.6) is 0 Å². The van der Waals surface area contributed by atoms with Crippen molar-refractivity contribution >= 4 is 39.7 Å². The molecule has 0 radical (unpaired) electrons. The highest BCUT2D eigenvalue weighted by molar-refractivity contribution is 7.18. The van der Waals surface area contributed by atoms with Crippen molar-refractivity contribution in [2.75, 3.05) is 36.5 Å². The summed E-state index contributed by atoms with van der Waals surface area (Å²) >= 11 is 7.35. The lowest BCUT2D eigenvalue weighted by molar-refractivity contribution is 0.103. The molecule has 0 bridgehead atoms. The number of pyridine rings is 1. The zero-order valence-electron chi connectivity index (χ0n) is 14.5. The van der Waals surface area contributed by atoms with E-state index < -0.39 is 0 Å². The Labute approximate surface area is 166 Å². The second-order valence-electron chi connectivity index (χ2n) is 6.11. The number of amides is 1. The van der Waals surface area contributed by atoms with Gasteiger partial charge in [0.15, 0.2) is 0 Å². The summed E-state index contributed by atoms with van der Waals surface area (Å²) in [5.41, 5.74) is 2.16. The molecule has 3 heterocycles. The van der Waals surface area contributed by atoms with Gasteiger partial charge in [-0.2, -0.15) is 0 Å². The van der Waals surface area contributed by atoms with Crippen molar-refractivity contribution in [3.05, 3.63) is 64.6 Å². The van der Waals surface area contributed by atoms with Crippen molar-refractivity contribution in [2.24, 2.45) is 0 Å². The van der Waals surface area contributed by atoms with Crippen LogP contribution in [0.15, 0.2) is 54.7 Å². The van der Waals surface area contributed by atoms with E-state index in [1.54, 1.807) is 12.1 Å². The minimum Gasteiger partial charge on any atom is -0.378 e. The number of benzene rings is 1. The summed E-state index contributed by atoms with van der Waals surface area (Å²) in [6.45, 7) is 3.03. The van der Waals surface area contributed by atoms with E-state index in [1.165, 1.54) is 17.5 Å². The number of hydrogen-bond donors (Lipinski definition) is 1. The maximum Gasteiger partial charge on any atom is 0.266 e. The van der Waals surface area contributed by atoms with E-state index in [0.717, 1.165) is 29.2 Å². The van der Waals surface area contributed by atoms with Gasteiger partial charge in [-0.3, -0.25) is 4.79 Å². The maximum atomic E-state index is 12.8. The Morgan fingerprint density at radius 2 is 1.93 bits per heavy atom. The van der Waals surface area contributed by atoms with Crippen molar-refractivity contribution in [1.29, 1.82) is 0 Å². The minimum atomic E-state index is -0.175. The van der Waals surface area contributed by atoms with E-state index in [0.29, 0.717) is 28.9 Å². The van der Waals surface area contributed by atoms with Gasteiger partial charge >= 0.3 is 0 Å². The van der Waals surface area contributed by atoms with Crippen LogP contribution in [0.3, 0.4) is 0 Å². The van der Waals surface area contributed by atoms with E-state index >= 15 is 0 Å². The van der Waals surface area contributed by atoms with E-state index in [9.17, 15) is 4.79 Å². The quantitative estimate of drug-likeness (QED) is 0.699. The summed E-state index contributed by atoms with van der Waals surface area (Å²) in [5.74, 6) is 0.304. The monoisotopic (exact) mass is 399 g/mol. The van der Waals surface area contributed by atoms with E-state index in [-0.39, 0.29) is 5.91 Å². The number of ether oxygens (including phenoxy) is 1. The molecule has 1 saturated heterocycles. The van der Waals surface area contributed by atoms with Gasteiger partial charge < -0.3 is 15.0 Å². The summed E-state index contributed by atoms with van der Waals surface area (Å²) in [6, 6.07) is 15.5. The third kappa shape index (κ3) is 4.13. The molecule has 138 valence electrons. The van der Waals surface area contributed by atoms with Crippen LogP contribution in [0.2, 0.25) is 5.02 Å². The van der Waals surface area contributed by atoms with Crippen LogP contribution < -0.4 is 10.2 Å². The Morgan fingerprint density at radius 1 is 1.15 bits per heavy atom. The summed E-state index contributed by atoms with van der Waals surface area (Å²) in [5, 5.41) is 4.47. The third-order valence-corrected chi connectivity index (χ3v) is 5.71. The number of aromatic nitrogens is 1. The van der Waals surface area contributed by atoms with Crippen molar-refractivity contribution in [2.45, 2.75) is 0 Å². The largest absolute Gasteiger partial charge is 0.378 e. The van der Waals surface area contributed by atoms with Gasteiger partial charge in [-0.05, 0) is 23.8 Å². The Kier molecular flexibility index (Phi) is 5.38. The maximum absolute atomic E-state index is 12.8. The van der Waals surface area contributed by atoms with Gasteiger partial charge in [-0.25, -0.2) is 4.98 Å². The van der Waals surface area contributed by atoms with Crippen LogP contribution >= 0.6 is 22.9 Å². The summed E-state index contributed by atoms with van der Waals surface area (Å²) in [4.78, 5) is 19.8. The molecule has 1 aliphatic heterocycles. The number of carbonyl (C=O) groups is 1. The SMILES string of the molecule is O=C(Nc1ccc(Cl)cn1)c1cc(-c2ccccc2)c(N2CCOCC2)s1. The number of rotatable bonds is 4. The minimum absolute atomic E-state index is 0.175. The molecule has 1 aromatic carbocycles. The molecular formula is C20H18ClN3O2S. The molecule has 5 nitrogen and oxygen atoms in total. The molecule has 27 heavy (non-hydrogen) atoms. The average molecular weight is 400 g/mol. The van der Waals surface area contributed by atoms with Gasteiger partial charge in [-0.15, -0.1) is 11.3 Å². The zero-order chi connectivity index (χ0) is 18.6. The van der Waals surface area contributed by atoms with Gasteiger partial charge in [0, 0.05) is 24.8 Å². The van der Waals surface area contributed by atoms with Crippen molar-refractivity contribution in [3.63, 3.8) is 0 Å². The number of nitrogens with zero attached hydrogens (tertiary/aromatic N) is 2. The summed E-state index contributed by atoms with van der Waals surface area (Å²) in [6.07, 6.45) is 1.51. The number of carbonyl (C=O) groups excluding carboxylic acids is 1. The van der Waals surface area contributed by atoms with Gasteiger partial charge in [0.1, 0.15) is 5.82 Å². The highest BCUT2D eigenvalue weighted by Crippen LogP contribution is 2.39. The van der Waals surface area contributed by atoms with E-state index in [4.69, 9.17) is 16.3 Å². The molecule has 0 atom stereocenters. The molecule has 7 heteroatoms. The fourth-order valence-electron chi connectivity index (χ4n) is 2.95. The first-order valence-corrected chi connectivity index (χ1v) is 9.85. The van der Waals surface area contributed by atoms with Crippen LogP contribution in [0.25, 0.3) is 11.1 Å². The zero-order valence-corrected chi connectivity index (χ0v) is 16.1. The second kappa shape index (κ2) is 8.08. The predicted molar refractivity (Wildman–Crippen MR) is 110 cm³/mol. The van der Waals surface area contributed by atoms with Crippen LogP contribution in [0.4, 0.5) is 10.8 Å². The number of thiophene rings is 1. The van der Waals surface area contributed by atoms with Crippen molar-refractivity contribution in [3.8, 4) is 11.1 Å². The molecule has 4 rings (SSSR count). The normalized spacial score (nSPS) is 14.2. The highest BCUT2D eigenvalue weighted by Gasteiger charge is 2.22. The van der Waals surface area contributed by atoms with Crippen LogP contribution in [-0.2, 0) is 4.74 Å². The summed E-state index contributed by atoms with van der Waals surface area (Å²) < 4.78 is 5.47. The van der Waals surface area contributed by atoms with Gasteiger partial charge in [-0.1, -0.05) is 41.9 Å². The number of hydrogen-bond acceptors (Lipinski definition) is 5. The van der Waals surface area contributed by atoms with Crippen molar-refractivity contribution in [1.82, 2.24) is 4.98 Å². The predicted octanol–water partition coefficient (Wildman–Crippen LogP) is 4.55. The average Bonchev–Trinajstić information content (AvgIpc) is 3.17. The molecule has 2 aromatic heterocycles. The van der Waals surface area contributed by atoms with Crippen LogP contribution in [0, 0.1) is 0 Å². The fourth-order valence-corrected chi connectivity index (χ4v) is 4.19. The lowest BCUT2D eigenvalue weighted by Gasteiger charge is -2.28. The Bertz CT molecular complexity index is 922. The van der Waals surface area contributed by atoms with Crippen molar-refractivity contribution < 1.29 is 9.53 Å². The molecule has 3 aromatic rings. The van der Waals surface area contributed by atoms with Gasteiger partial charge in [0.2, 0.25) is 0 Å². The highest BCUT2D eigenvalue weighted by atomic mass is 35.5. The Morgan fingerprint density at radius 3 is 2.63 bits per heavy atom. The molecule has 0 unspecified atom stereocenters. The molecule has 1 fully saturated rings. The smallest absolute Gasteiger partial charge is 0.266 e.